The van der Waals surface area contributed by atoms with Gasteiger partial charge in [-0.15, -0.1) is 13.2 Å². The number of nitrogens with zero attached hydrogens (tertiary/aromatic N) is 3. The summed E-state index contributed by atoms with van der Waals surface area (Å²) >= 11 is 0.574. The van der Waals surface area contributed by atoms with E-state index in [4.69, 9.17) is 11.3 Å². The lowest BCUT2D eigenvalue weighted by Gasteiger charge is -2.12. The van der Waals surface area contributed by atoms with Gasteiger partial charge in [-0.05, 0) is 60.5 Å². The van der Waals surface area contributed by atoms with E-state index in [0.717, 1.165) is 28.6 Å². The van der Waals surface area contributed by atoms with E-state index < -0.39 is 30.1 Å². The fourth-order valence-electron chi connectivity index (χ4n) is 4.16. The molecular weight excluding hydrogens is 565 g/mol. The molecule has 0 aliphatic heterocycles. The van der Waals surface area contributed by atoms with Gasteiger partial charge in [0, 0.05) is 35.6 Å². The molecule has 0 unspecified atom stereocenters. The molecule has 214 valence electrons. The molecular formula is C28H25F5N5O2S+. The number of hydrogen-bond donors (Lipinski definition) is 3. The Morgan fingerprint density at radius 3 is 2.37 bits per heavy atom. The highest BCUT2D eigenvalue weighted by Gasteiger charge is 2.34. The van der Waals surface area contributed by atoms with Crippen LogP contribution in [0.25, 0.3) is 16.8 Å². The summed E-state index contributed by atoms with van der Waals surface area (Å²) in [7, 11) is 0. The van der Waals surface area contributed by atoms with Gasteiger partial charge in [0.15, 0.2) is 0 Å². The predicted octanol–water partition coefficient (Wildman–Crippen LogP) is 7.47. The largest absolute Gasteiger partial charge is 0.573 e. The molecule has 4 aromatic rings. The van der Waals surface area contributed by atoms with Crippen molar-refractivity contribution in [3.05, 3.63) is 90.0 Å². The molecule has 0 radical (unpaired) electrons. The van der Waals surface area contributed by atoms with Gasteiger partial charge in [0.25, 0.3) is 17.3 Å². The van der Waals surface area contributed by atoms with Crippen LogP contribution < -0.4 is 10.6 Å². The molecule has 4 N–H and O–H groups in total. The van der Waals surface area contributed by atoms with Crippen molar-refractivity contribution in [1.82, 2.24) is 9.55 Å². The lowest BCUT2D eigenvalue weighted by molar-refractivity contribution is -0.449. The standard InChI is InChI=1S/C28H24F5N5O2S/c1-3-27(29,30)26-16-37(17(2)36-26)23-12-9-20(19-5-4-6-22(13-19)41-39)14-24(23)38(35)25(15-34)18-7-10-21(11-8-18)40-28(31,32)33/h4-16,34H,3,35H2,1-2H3/p+1. The number of benzene rings is 3. The molecule has 7 nitrogen and oxygen atoms in total. The van der Waals surface area contributed by atoms with Crippen LogP contribution in [0.1, 0.15) is 30.4 Å². The van der Waals surface area contributed by atoms with E-state index in [0.29, 0.717) is 33.8 Å². The highest BCUT2D eigenvalue weighted by molar-refractivity contribution is 7.93. The Morgan fingerprint density at radius 2 is 1.76 bits per heavy atom. The van der Waals surface area contributed by atoms with Crippen LogP contribution in [0.4, 0.5) is 27.6 Å². The Balaban J connectivity index is 1.92. The minimum Gasteiger partial charge on any atom is -0.406 e. The average Bonchev–Trinajstić information content (AvgIpc) is 3.35. The summed E-state index contributed by atoms with van der Waals surface area (Å²) in [6.07, 6.45) is -3.16. The molecule has 0 aliphatic carbocycles. The molecule has 3 aromatic carbocycles. The topological polar surface area (TPSA) is 100 Å². The number of hydrazine groups is 1. The van der Waals surface area contributed by atoms with Crippen molar-refractivity contribution in [3.8, 4) is 22.6 Å². The third-order valence-corrected chi connectivity index (χ3v) is 6.71. The van der Waals surface area contributed by atoms with Crippen LogP contribution in [0.2, 0.25) is 0 Å². The number of hydrazone groups is 1. The van der Waals surface area contributed by atoms with Crippen molar-refractivity contribution in [2.45, 2.75) is 37.4 Å². The number of nitrogens with one attached hydrogen (secondary N) is 1. The maximum atomic E-state index is 14.5. The van der Waals surface area contributed by atoms with Gasteiger partial charge in [-0.3, -0.25) is 4.57 Å². The minimum atomic E-state index is -4.87. The Morgan fingerprint density at radius 1 is 1.07 bits per heavy atom. The predicted molar refractivity (Wildman–Crippen MR) is 147 cm³/mol. The summed E-state index contributed by atoms with van der Waals surface area (Å²) in [5.41, 5.74) is 2.00. The van der Waals surface area contributed by atoms with Gasteiger partial charge in [-0.1, -0.05) is 29.8 Å². The van der Waals surface area contributed by atoms with Gasteiger partial charge in [0.1, 0.15) is 23.0 Å². The zero-order valence-corrected chi connectivity index (χ0v) is 22.6. The Kier molecular flexibility index (Phi) is 8.50. The van der Waals surface area contributed by atoms with E-state index in [1.807, 2.05) is 6.07 Å². The number of hydrogen-bond acceptors (Lipinski definition) is 6. The minimum absolute atomic E-state index is 0.0958. The van der Waals surface area contributed by atoms with Crippen LogP contribution in [0.15, 0.2) is 77.8 Å². The van der Waals surface area contributed by atoms with Crippen molar-refractivity contribution < 1.29 is 35.9 Å². The van der Waals surface area contributed by atoms with Gasteiger partial charge in [-0.25, -0.2) is 10.8 Å². The Hall–Kier alpha value is -4.23. The van der Waals surface area contributed by atoms with Crippen molar-refractivity contribution >= 4 is 29.7 Å². The van der Waals surface area contributed by atoms with Gasteiger partial charge in [-0.2, -0.15) is 8.78 Å². The number of ether oxygens (including phenoxy) is 1. The van der Waals surface area contributed by atoms with Gasteiger partial charge >= 0.3 is 6.36 Å². The van der Waals surface area contributed by atoms with E-state index in [2.05, 4.69) is 9.72 Å². The Labute approximate surface area is 236 Å². The second-order valence-electron chi connectivity index (χ2n) is 8.90. The highest BCUT2D eigenvalue weighted by atomic mass is 32.2. The summed E-state index contributed by atoms with van der Waals surface area (Å²) in [4.78, 5) is 4.65. The van der Waals surface area contributed by atoms with Crippen LogP contribution in [0, 0.1) is 12.3 Å². The summed E-state index contributed by atoms with van der Waals surface area (Å²) in [6.45, 7) is 2.92. The van der Waals surface area contributed by atoms with E-state index >= 15 is 0 Å². The highest BCUT2D eigenvalue weighted by Crippen LogP contribution is 2.35. The zero-order chi connectivity index (χ0) is 29.9. The third-order valence-electron chi connectivity index (χ3n) is 6.25. The quantitative estimate of drug-likeness (QED) is 0.0469. The number of nitrogens with two attached hydrogens (primary N) is 1. The van der Waals surface area contributed by atoms with Gasteiger partial charge < -0.3 is 14.7 Å². The van der Waals surface area contributed by atoms with Gasteiger partial charge in [0.2, 0.25) is 0 Å². The van der Waals surface area contributed by atoms with E-state index in [9.17, 15) is 26.5 Å². The maximum absolute atomic E-state index is 14.5. The molecule has 0 atom stereocenters. The molecule has 0 saturated heterocycles. The second kappa shape index (κ2) is 11.7. The molecule has 41 heavy (non-hydrogen) atoms. The molecule has 0 bridgehead atoms. The molecule has 1 aromatic heterocycles. The fraction of sp³-hybridized carbons (Fsp3) is 0.179. The van der Waals surface area contributed by atoms with E-state index in [1.54, 1.807) is 43.3 Å². The van der Waals surface area contributed by atoms with E-state index in [-0.39, 0.29) is 17.2 Å². The number of alkyl halides is 5. The van der Waals surface area contributed by atoms with Crippen molar-refractivity contribution in [3.63, 3.8) is 0 Å². The zero-order valence-electron chi connectivity index (χ0n) is 21.8. The number of aryl methyl sites for hydroxylation is 1. The van der Waals surface area contributed by atoms with Crippen LogP contribution >= 0.6 is 12.0 Å². The monoisotopic (exact) mass is 590 g/mol. The lowest BCUT2D eigenvalue weighted by Crippen LogP contribution is -2.26. The normalized spacial score (nSPS) is 12.7. The number of imidazole rings is 1. The summed E-state index contributed by atoms with van der Waals surface area (Å²) in [5, 5.41) is 8.03. The van der Waals surface area contributed by atoms with Crippen LogP contribution in [-0.4, -0.2) is 37.1 Å². The number of halogens is 5. The van der Waals surface area contributed by atoms with Crippen LogP contribution in [0.5, 0.6) is 5.75 Å². The first kappa shape index (κ1) is 29.7. The van der Waals surface area contributed by atoms with Crippen LogP contribution in [0.3, 0.4) is 0 Å². The molecule has 0 aliphatic rings. The average molecular weight is 591 g/mol. The molecule has 4 rings (SSSR count). The fourth-order valence-corrected chi connectivity index (χ4v) is 4.47. The van der Waals surface area contributed by atoms with Crippen molar-refractivity contribution in [2.75, 3.05) is 0 Å². The molecule has 0 amide bonds. The SMILES string of the molecule is CCC(F)(F)c1cn(-c2ccc(-c3cccc(SO)c3)cc2[N+](N)=C(C=N)c2ccc(OC(F)(F)F)cc2)c(C)n1. The first-order chi connectivity index (χ1) is 19.4. The van der Waals surface area contributed by atoms with Crippen LogP contribution in [-0.2, 0) is 5.92 Å². The summed E-state index contributed by atoms with van der Waals surface area (Å²) in [6, 6.07) is 16.9. The first-order valence-corrected chi connectivity index (χ1v) is 12.9. The first-order valence-electron chi connectivity index (χ1n) is 12.2. The van der Waals surface area contributed by atoms with E-state index in [1.165, 1.54) is 29.8 Å². The summed E-state index contributed by atoms with van der Waals surface area (Å²) < 4.78 is 82.9. The molecule has 1 heterocycles. The number of rotatable bonds is 9. The third kappa shape index (κ3) is 6.57. The molecule has 0 fully saturated rings. The smallest absolute Gasteiger partial charge is 0.406 e. The van der Waals surface area contributed by atoms with Crippen molar-refractivity contribution in [2.24, 2.45) is 5.84 Å². The van der Waals surface area contributed by atoms with Crippen molar-refractivity contribution in [1.29, 1.82) is 5.41 Å². The van der Waals surface area contributed by atoms with Gasteiger partial charge in [0.05, 0.1) is 11.8 Å². The summed E-state index contributed by atoms with van der Waals surface area (Å²) in [5.74, 6) is 3.20. The molecule has 0 spiro atoms. The second-order valence-corrected chi connectivity index (χ2v) is 9.55. The number of aromatic nitrogens is 2. The molecule has 13 heteroatoms. The maximum Gasteiger partial charge on any atom is 0.573 e. The molecule has 0 saturated carbocycles. The lowest BCUT2D eigenvalue weighted by atomic mass is 10.0. The Bertz CT molecular complexity index is 1600.